The fourth-order valence-electron chi connectivity index (χ4n) is 4.05. The highest BCUT2D eigenvalue weighted by Crippen LogP contribution is 2.34. The maximum absolute atomic E-state index is 13.5. The second kappa shape index (κ2) is 8.84. The molecule has 1 fully saturated rings. The average Bonchev–Trinajstić information content (AvgIpc) is 2.64. The molecule has 162 valence electrons. The highest BCUT2D eigenvalue weighted by atomic mass is 16.4. The van der Waals surface area contributed by atoms with Gasteiger partial charge in [0.05, 0.1) is 11.5 Å². The number of hydrogen-bond donors (Lipinski definition) is 3. The Labute approximate surface area is 174 Å². The summed E-state index contributed by atoms with van der Waals surface area (Å²) in [5, 5.41) is 22.9. The van der Waals surface area contributed by atoms with Crippen LogP contribution in [0.25, 0.3) is 0 Å². The molecule has 1 aromatic rings. The largest absolute Gasteiger partial charge is 0.479 e. The van der Waals surface area contributed by atoms with Crippen molar-refractivity contribution in [3.8, 4) is 0 Å². The lowest BCUT2D eigenvalue weighted by Crippen LogP contribution is -2.61. The van der Waals surface area contributed by atoms with Crippen LogP contribution in [0, 0.1) is 11.8 Å². The van der Waals surface area contributed by atoms with Gasteiger partial charge in [-0.2, -0.15) is 0 Å². The molecule has 0 radical (unpaired) electrons. The Bertz CT molecular complexity index is 723. The lowest BCUT2D eigenvalue weighted by atomic mass is 9.81. The van der Waals surface area contributed by atoms with Gasteiger partial charge in [-0.05, 0) is 35.8 Å². The Balaban J connectivity index is 2.40. The predicted molar refractivity (Wildman–Crippen MR) is 114 cm³/mol. The van der Waals surface area contributed by atoms with E-state index in [2.05, 4.69) is 50.4 Å². The fourth-order valence-corrected chi connectivity index (χ4v) is 4.05. The van der Waals surface area contributed by atoms with E-state index in [1.165, 1.54) is 5.56 Å². The van der Waals surface area contributed by atoms with E-state index >= 15 is 0 Å². The topological polar surface area (TPSA) is 89.9 Å². The van der Waals surface area contributed by atoms with Crippen LogP contribution in [0.4, 0.5) is 0 Å². The summed E-state index contributed by atoms with van der Waals surface area (Å²) in [5.74, 6) is -2.51. The van der Waals surface area contributed by atoms with Crippen LogP contribution in [0.1, 0.15) is 59.1 Å². The molecule has 6 nitrogen and oxygen atoms in total. The van der Waals surface area contributed by atoms with Crippen LogP contribution in [0.5, 0.6) is 0 Å². The molecule has 1 saturated heterocycles. The van der Waals surface area contributed by atoms with Gasteiger partial charge in [-0.1, -0.05) is 58.9 Å². The molecule has 29 heavy (non-hydrogen) atoms. The fraction of sp³-hybridized carbons (Fsp3) is 0.652. The minimum absolute atomic E-state index is 0.0354. The van der Waals surface area contributed by atoms with Crippen LogP contribution in [-0.4, -0.2) is 52.7 Å². The molecular weight excluding hydrogens is 368 g/mol. The van der Waals surface area contributed by atoms with E-state index in [0.29, 0.717) is 26.1 Å². The highest BCUT2D eigenvalue weighted by molar-refractivity contribution is 5.86. The number of amides is 1. The number of hydrogen-bond acceptors (Lipinski definition) is 4. The Hall–Kier alpha value is -1.92. The maximum Gasteiger partial charge on any atom is 0.333 e. The van der Waals surface area contributed by atoms with Gasteiger partial charge < -0.3 is 20.4 Å². The summed E-state index contributed by atoms with van der Waals surface area (Å²) in [4.78, 5) is 26.7. The monoisotopic (exact) mass is 404 g/mol. The number of aliphatic hydroxyl groups excluding tert-OH is 1. The van der Waals surface area contributed by atoms with Gasteiger partial charge in [-0.25, -0.2) is 4.79 Å². The first-order valence-corrected chi connectivity index (χ1v) is 10.4. The Morgan fingerprint density at radius 2 is 1.79 bits per heavy atom. The van der Waals surface area contributed by atoms with Crippen LogP contribution in [0.2, 0.25) is 0 Å². The number of rotatable bonds is 6. The summed E-state index contributed by atoms with van der Waals surface area (Å²) >= 11 is 0. The normalized spacial score (nSPS) is 22.4. The van der Waals surface area contributed by atoms with Crippen molar-refractivity contribution in [2.45, 2.75) is 65.0 Å². The molecule has 1 heterocycles. The summed E-state index contributed by atoms with van der Waals surface area (Å²) in [6.07, 6.45) is -1.37. The summed E-state index contributed by atoms with van der Waals surface area (Å²) in [6, 6.07) is 8.29. The van der Waals surface area contributed by atoms with E-state index in [9.17, 15) is 19.8 Å². The van der Waals surface area contributed by atoms with Gasteiger partial charge in [-0.3, -0.25) is 4.79 Å². The summed E-state index contributed by atoms with van der Waals surface area (Å²) < 4.78 is 0. The molecule has 0 spiro atoms. The minimum Gasteiger partial charge on any atom is -0.479 e. The molecule has 3 N–H and O–H groups in total. The Morgan fingerprint density at radius 1 is 1.21 bits per heavy atom. The first-order chi connectivity index (χ1) is 13.4. The average molecular weight is 405 g/mol. The second-order valence-electron chi connectivity index (χ2n) is 9.79. The van der Waals surface area contributed by atoms with Crippen molar-refractivity contribution in [3.63, 3.8) is 0 Å². The van der Waals surface area contributed by atoms with Crippen LogP contribution in [0.15, 0.2) is 24.3 Å². The van der Waals surface area contributed by atoms with E-state index in [0.717, 1.165) is 5.56 Å². The first kappa shape index (κ1) is 23.4. The molecule has 0 aliphatic carbocycles. The standard InChI is InChI=1S/C23H36N2O4/c1-15(2)13-18(19(26)21(28)29)20(27)25-12-11-24-14-23(25,6)17-9-7-16(8-10-17)22(3,4)5/h7-10,15,18-19,24,26H,11-14H2,1-6H3,(H,28,29)/t18-,19-,23-/m0/s1. The zero-order valence-electron chi connectivity index (χ0n) is 18.5. The zero-order valence-corrected chi connectivity index (χ0v) is 18.5. The zero-order chi connectivity index (χ0) is 22.0. The van der Waals surface area contributed by atoms with Crippen LogP contribution in [0.3, 0.4) is 0 Å². The summed E-state index contributed by atoms with van der Waals surface area (Å²) in [5.41, 5.74) is 1.64. The van der Waals surface area contributed by atoms with Crippen molar-refractivity contribution in [2.75, 3.05) is 19.6 Å². The van der Waals surface area contributed by atoms with Gasteiger partial charge in [0.1, 0.15) is 0 Å². The van der Waals surface area contributed by atoms with Crippen molar-refractivity contribution < 1.29 is 19.8 Å². The van der Waals surface area contributed by atoms with Crippen molar-refractivity contribution in [1.82, 2.24) is 10.2 Å². The van der Waals surface area contributed by atoms with Crippen molar-refractivity contribution in [2.24, 2.45) is 11.8 Å². The van der Waals surface area contributed by atoms with Crippen LogP contribution < -0.4 is 5.32 Å². The summed E-state index contributed by atoms with van der Waals surface area (Å²) in [6.45, 7) is 14.0. The van der Waals surface area contributed by atoms with Gasteiger partial charge in [0.15, 0.2) is 6.10 Å². The molecular formula is C23H36N2O4. The number of nitrogens with one attached hydrogen (secondary N) is 1. The predicted octanol–water partition coefficient (Wildman–Crippen LogP) is 2.74. The molecule has 2 rings (SSSR count). The number of carboxylic acid groups (broad SMARTS) is 1. The summed E-state index contributed by atoms with van der Waals surface area (Å²) in [7, 11) is 0. The third-order valence-corrected chi connectivity index (χ3v) is 5.89. The number of benzene rings is 1. The van der Waals surface area contributed by atoms with E-state index in [1.54, 1.807) is 4.90 Å². The number of carbonyl (C=O) groups is 2. The van der Waals surface area contributed by atoms with Crippen LogP contribution >= 0.6 is 0 Å². The van der Waals surface area contributed by atoms with Gasteiger partial charge in [0.25, 0.3) is 0 Å². The lowest BCUT2D eigenvalue weighted by Gasteiger charge is -2.47. The highest BCUT2D eigenvalue weighted by Gasteiger charge is 2.44. The van der Waals surface area contributed by atoms with E-state index < -0.39 is 23.5 Å². The smallest absolute Gasteiger partial charge is 0.333 e. The van der Waals surface area contributed by atoms with Gasteiger partial charge in [0, 0.05) is 19.6 Å². The van der Waals surface area contributed by atoms with Crippen molar-refractivity contribution in [3.05, 3.63) is 35.4 Å². The maximum atomic E-state index is 13.5. The minimum atomic E-state index is -1.70. The molecule has 0 aromatic heterocycles. The molecule has 1 aliphatic heterocycles. The molecule has 1 aliphatic rings. The first-order valence-electron chi connectivity index (χ1n) is 10.4. The van der Waals surface area contributed by atoms with Gasteiger partial charge in [0.2, 0.25) is 5.91 Å². The van der Waals surface area contributed by atoms with E-state index in [1.807, 2.05) is 20.8 Å². The SMILES string of the molecule is CC(C)C[C@H](C(=O)N1CCNC[C@@]1(C)c1ccc(C(C)(C)C)cc1)[C@H](O)C(=O)O. The molecule has 1 amide bonds. The molecule has 1 aromatic carbocycles. The van der Waals surface area contributed by atoms with E-state index in [4.69, 9.17) is 0 Å². The second-order valence-corrected chi connectivity index (χ2v) is 9.79. The molecule has 0 unspecified atom stereocenters. The number of carbonyl (C=O) groups excluding carboxylic acids is 1. The van der Waals surface area contributed by atoms with Crippen LogP contribution in [-0.2, 0) is 20.5 Å². The molecule has 6 heteroatoms. The third kappa shape index (κ3) is 5.17. The molecule has 0 saturated carbocycles. The molecule has 3 atom stereocenters. The lowest BCUT2D eigenvalue weighted by molar-refractivity contribution is -0.160. The Morgan fingerprint density at radius 3 is 2.28 bits per heavy atom. The number of carboxylic acids is 1. The number of aliphatic carboxylic acids is 1. The number of piperazine rings is 1. The van der Waals surface area contributed by atoms with Gasteiger partial charge in [-0.15, -0.1) is 0 Å². The number of nitrogens with zero attached hydrogens (tertiary/aromatic N) is 1. The van der Waals surface area contributed by atoms with Gasteiger partial charge >= 0.3 is 5.97 Å². The third-order valence-electron chi connectivity index (χ3n) is 5.89. The van der Waals surface area contributed by atoms with Crippen molar-refractivity contribution >= 4 is 11.9 Å². The van der Waals surface area contributed by atoms with E-state index in [-0.39, 0.29) is 17.2 Å². The molecule has 0 bridgehead atoms. The quantitative estimate of drug-likeness (QED) is 0.678. The Kier molecular flexibility index (Phi) is 7.12. The number of aliphatic hydroxyl groups is 1. The van der Waals surface area contributed by atoms with Crippen molar-refractivity contribution in [1.29, 1.82) is 0 Å².